The Morgan fingerprint density at radius 2 is 2.07 bits per heavy atom. The summed E-state index contributed by atoms with van der Waals surface area (Å²) in [4.78, 5) is 0. The van der Waals surface area contributed by atoms with Gasteiger partial charge in [-0.15, -0.1) is 0 Å². The molecule has 0 spiro atoms. The molecule has 1 atom stereocenters. The van der Waals surface area contributed by atoms with E-state index >= 15 is 0 Å². The predicted molar refractivity (Wildman–Crippen MR) is 61.5 cm³/mol. The van der Waals surface area contributed by atoms with Gasteiger partial charge in [0.1, 0.15) is 0 Å². The van der Waals surface area contributed by atoms with Crippen molar-refractivity contribution in [2.24, 2.45) is 0 Å². The fraction of sp³-hybridized carbons (Fsp3) is 0.500. The Kier molecular flexibility index (Phi) is 2.44. The SMILES string of the molecule is Cc1ccc(C2(C(C)O)CC2)c(Br)c1. The van der Waals surface area contributed by atoms with E-state index in [1.807, 2.05) is 6.92 Å². The lowest BCUT2D eigenvalue weighted by Gasteiger charge is -2.20. The van der Waals surface area contributed by atoms with Crippen LogP contribution in [0.25, 0.3) is 0 Å². The number of hydrogen-bond acceptors (Lipinski definition) is 1. The Bertz CT molecular complexity index is 353. The van der Waals surface area contributed by atoms with Crippen molar-refractivity contribution in [1.82, 2.24) is 0 Å². The Hall–Kier alpha value is -0.340. The number of halogens is 1. The summed E-state index contributed by atoms with van der Waals surface area (Å²) < 4.78 is 1.14. The van der Waals surface area contributed by atoms with Gasteiger partial charge in [0.05, 0.1) is 6.10 Å². The van der Waals surface area contributed by atoms with Crippen LogP contribution in [0.5, 0.6) is 0 Å². The van der Waals surface area contributed by atoms with E-state index < -0.39 is 0 Å². The summed E-state index contributed by atoms with van der Waals surface area (Å²) in [6.45, 7) is 3.97. The third-order valence-electron chi connectivity index (χ3n) is 3.25. The van der Waals surface area contributed by atoms with Gasteiger partial charge in [-0.2, -0.15) is 0 Å². The topological polar surface area (TPSA) is 20.2 Å². The zero-order chi connectivity index (χ0) is 10.3. The number of aliphatic hydroxyl groups is 1. The van der Waals surface area contributed by atoms with Gasteiger partial charge in [-0.3, -0.25) is 0 Å². The van der Waals surface area contributed by atoms with Crippen LogP contribution in [0.3, 0.4) is 0 Å². The second-order valence-corrected chi connectivity index (χ2v) is 5.17. The van der Waals surface area contributed by atoms with E-state index in [0.29, 0.717) is 0 Å². The number of rotatable bonds is 2. The molecule has 14 heavy (non-hydrogen) atoms. The third kappa shape index (κ3) is 1.51. The molecule has 1 aromatic carbocycles. The lowest BCUT2D eigenvalue weighted by atomic mass is 9.90. The van der Waals surface area contributed by atoms with Gasteiger partial charge in [-0.1, -0.05) is 28.1 Å². The number of aryl methyl sites for hydroxylation is 1. The fourth-order valence-electron chi connectivity index (χ4n) is 2.07. The van der Waals surface area contributed by atoms with E-state index in [0.717, 1.165) is 17.3 Å². The van der Waals surface area contributed by atoms with E-state index in [1.54, 1.807) is 0 Å². The van der Waals surface area contributed by atoms with Crippen LogP contribution in [-0.4, -0.2) is 11.2 Å². The van der Waals surface area contributed by atoms with Crippen molar-refractivity contribution >= 4 is 15.9 Å². The maximum absolute atomic E-state index is 9.77. The molecule has 0 heterocycles. The first-order chi connectivity index (χ1) is 6.56. The Labute approximate surface area is 93.3 Å². The minimum Gasteiger partial charge on any atom is -0.392 e. The van der Waals surface area contributed by atoms with E-state index in [9.17, 15) is 5.11 Å². The van der Waals surface area contributed by atoms with Crippen molar-refractivity contribution in [1.29, 1.82) is 0 Å². The van der Waals surface area contributed by atoms with Crippen LogP contribution in [0.2, 0.25) is 0 Å². The molecule has 1 nitrogen and oxygen atoms in total. The summed E-state index contributed by atoms with van der Waals surface area (Å²) in [6.07, 6.45) is 1.96. The molecular weight excluding hydrogens is 240 g/mol. The van der Waals surface area contributed by atoms with Crippen molar-refractivity contribution in [3.05, 3.63) is 33.8 Å². The fourth-order valence-corrected chi connectivity index (χ4v) is 2.96. The molecule has 1 aromatic rings. The second-order valence-electron chi connectivity index (χ2n) is 4.32. The van der Waals surface area contributed by atoms with Crippen molar-refractivity contribution < 1.29 is 5.11 Å². The first-order valence-corrected chi connectivity index (χ1v) is 5.80. The van der Waals surface area contributed by atoms with Gasteiger partial charge in [-0.25, -0.2) is 0 Å². The molecule has 0 aromatic heterocycles. The largest absolute Gasteiger partial charge is 0.392 e. The van der Waals surface area contributed by atoms with E-state index in [4.69, 9.17) is 0 Å². The maximum Gasteiger partial charge on any atom is 0.0609 e. The maximum atomic E-state index is 9.77. The van der Waals surface area contributed by atoms with Gasteiger partial charge in [0.2, 0.25) is 0 Å². The van der Waals surface area contributed by atoms with Crippen LogP contribution in [-0.2, 0) is 5.41 Å². The summed E-state index contributed by atoms with van der Waals surface area (Å²) in [5.74, 6) is 0. The van der Waals surface area contributed by atoms with Crippen LogP contribution in [0.15, 0.2) is 22.7 Å². The molecule has 0 saturated heterocycles. The van der Waals surface area contributed by atoms with Gasteiger partial charge in [0.15, 0.2) is 0 Å². The van der Waals surface area contributed by atoms with Crippen LogP contribution in [0.1, 0.15) is 30.9 Å². The zero-order valence-corrected chi connectivity index (χ0v) is 10.1. The van der Waals surface area contributed by atoms with E-state index in [-0.39, 0.29) is 11.5 Å². The average Bonchev–Trinajstić information content (AvgIpc) is 2.84. The van der Waals surface area contributed by atoms with E-state index in [1.165, 1.54) is 11.1 Å². The molecule has 0 amide bonds. The molecule has 0 radical (unpaired) electrons. The molecule has 0 bridgehead atoms. The summed E-state index contributed by atoms with van der Waals surface area (Å²) in [6, 6.07) is 6.37. The smallest absolute Gasteiger partial charge is 0.0609 e. The molecule has 76 valence electrons. The average molecular weight is 255 g/mol. The normalized spacial score (nSPS) is 20.6. The first-order valence-electron chi connectivity index (χ1n) is 5.01. The highest BCUT2D eigenvalue weighted by Crippen LogP contribution is 2.52. The lowest BCUT2D eigenvalue weighted by Crippen LogP contribution is -2.22. The second kappa shape index (κ2) is 3.35. The van der Waals surface area contributed by atoms with Gasteiger partial charge < -0.3 is 5.11 Å². The molecule has 1 aliphatic rings. The van der Waals surface area contributed by atoms with Gasteiger partial charge in [0.25, 0.3) is 0 Å². The van der Waals surface area contributed by atoms with E-state index in [2.05, 4.69) is 41.1 Å². The molecule has 1 N–H and O–H groups in total. The Morgan fingerprint density at radius 3 is 2.50 bits per heavy atom. The standard InChI is InChI=1S/C12H15BrO/c1-8-3-4-10(11(13)7-8)12(5-6-12)9(2)14/h3-4,7,9,14H,5-6H2,1-2H3. The molecule has 0 aliphatic heterocycles. The van der Waals surface area contributed by atoms with Crippen molar-refractivity contribution in [3.8, 4) is 0 Å². The summed E-state index contributed by atoms with van der Waals surface area (Å²) in [5, 5.41) is 9.77. The highest BCUT2D eigenvalue weighted by Gasteiger charge is 2.49. The number of aliphatic hydroxyl groups excluding tert-OH is 1. The van der Waals surface area contributed by atoms with Gasteiger partial charge >= 0.3 is 0 Å². The minimum absolute atomic E-state index is 0.0343. The Morgan fingerprint density at radius 1 is 1.43 bits per heavy atom. The van der Waals surface area contributed by atoms with Crippen LogP contribution in [0, 0.1) is 6.92 Å². The molecule has 1 saturated carbocycles. The monoisotopic (exact) mass is 254 g/mol. The summed E-state index contributed by atoms with van der Waals surface area (Å²) in [5.41, 5.74) is 2.55. The summed E-state index contributed by atoms with van der Waals surface area (Å²) >= 11 is 3.58. The summed E-state index contributed by atoms with van der Waals surface area (Å²) in [7, 11) is 0. The number of benzene rings is 1. The number of hydrogen-bond donors (Lipinski definition) is 1. The van der Waals surface area contributed by atoms with Crippen molar-refractivity contribution in [3.63, 3.8) is 0 Å². The molecule has 1 fully saturated rings. The lowest BCUT2D eigenvalue weighted by molar-refractivity contribution is 0.150. The van der Waals surface area contributed by atoms with Crippen molar-refractivity contribution in [2.75, 3.05) is 0 Å². The third-order valence-corrected chi connectivity index (χ3v) is 3.91. The van der Waals surface area contributed by atoms with Crippen LogP contribution >= 0.6 is 15.9 Å². The molecule has 1 unspecified atom stereocenters. The van der Waals surface area contributed by atoms with Gasteiger partial charge in [-0.05, 0) is 43.9 Å². The van der Waals surface area contributed by atoms with Gasteiger partial charge in [0, 0.05) is 9.89 Å². The Balaban J connectivity index is 2.42. The zero-order valence-electron chi connectivity index (χ0n) is 8.55. The van der Waals surface area contributed by atoms with Crippen molar-refractivity contribution in [2.45, 2.75) is 38.2 Å². The van der Waals surface area contributed by atoms with Crippen LogP contribution < -0.4 is 0 Å². The molecule has 2 rings (SSSR count). The highest BCUT2D eigenvalue weighted by molar-refractivity contribution is 9.10. The highest BCUT2D eigenvalue weighted by atomic mass is 79.9. The first kappa shape index (κ1) is 10.2. The minimum atomic E-state index is -0.249. The molecule has 1 aliphatic carbocycles. The molecular formula is C12H15BrO. The van der Waals surface area contributed by atoms with Crippen LogP contribution in [0.4, 0.5) is 0 Å². The quantitative estimate of drug-likeness (QED) is 0.860. The molecule has 2 heteroatoms. The predicted octanol–water partition coefficient (Wildman–Crippen LogP) is 3.17.